The van der Waals surface area contributed by atoms with Gasteiger partial charge in [-0.25, -0.2) is 4.59 Å². The zero-order chi connectivity index (χ0) is 22.6. The van der Waals surface area contributed by atoms with Crippen LogP contribution in [-0.2, 0) is 11.3 Å². The second-order valence-corrected chi connectivity index (χ2v) is 10.3. The van der Waals surface area contributed by atoms with E-state index in [4.69, 9.17) is 0 Å². The smallest absolute Gasteiger partial charge is 0.287 e. The number of hydrogen-bond acceptors (Lipinski definition) is 3. The van der Waals surface area contributed by atoms with Crippen LogP contribution in [0, 0.1) is 5.92 Å². The first-order chi connectivity index (χ1) is 15.4. The number of nitrogens with zero attached hydrogens (tertiary/aromatic N) is 1. The Kier molecular flexibility index (Phi) is 6.92. The fourth-order valence-corrected chi connectivity index (χ4v) is 5.49. The standard InChI is InChI=1S/C26H31N3O2S/c1-19(2)16-22(27-26(31)24-17-21-12-6-7-13-23(21)32-24)25(30)28-29(14-8-9-15-29)18-20-10-4-3-5-11-20/h3-7,10-13,17,19,22H,8-9,14-16,18H2,1-2H3,(H-,27,28,30,31)/p+1/t22-/m0/s1. The lowest BCUT2D eigenvalue weighted by Crippen LogP contribution is -2.62. The minimum absolute atomic E-state index is 0.0917. The van der Waals surface area contributed by atoms with Crippen molar-refractivity contribution >= 4 is 33.2 Å². The monoisotopic (exact) mass is 450 g/mol. The molecule has 1 aliphatic heterocycles. The van der Waals surface area contributed by atoms with Crippen LogP contribution in [0.1, 0.15) is 48.3 Å². The maximum Gasteiger partial charge on any atom is 0.287 e. The highest BCUT2D eigenvalue weighted by Crippen LogP contribution is 2.26. The molecule has 1 fully saturated rings. The topological polar surface area (TPSA) is 58.2 Å². The molecular weight excluding hydrogens is 418 g/mol. The van der Waals surface area contributed by atoms with Gasteiger partial charge in [0.25, 0.3) is 11.8 Å². The molecule has 2 heterocycles. The Hall–Kier alpha value is -2.70. The summed E-state index contributed by atoms with van der Waals surface area (Å²) in [5, 5.41) is 4.08. The van der Waals surface area contributed by atoms with Gasteiger partial charge in [-0.2, -0.15) is 5.43 Å². The van der Waals surface area contributed by atoms with Crippen molar-refractivity contribution in [2.45, 2.75) is 45.7 Å². The summed E-state index contributed by atoms with van der Waals surface area (Å²) < 4.78 is 1.63. The third-order valence-corrected chi connectivity index (χ3v) is 7.19. The second-order valence-electron chi connectivity index (χ2n) is 9.22. The van der Waals surface area contributed by atoms with Crippen molar-refractivity contribution in [2.24, 2.45) is 5.92 Å². The molecule has 1 atom stereocenters. The predicted octanol–water partition coefficient (Wildman–Crippen LogP) is 4.89. The van der Waals surface area contributed by atoms with Crippen LogP contribution in [-0.4, -0.2) is 35.5 Å². The first kappa shape index (κ1) is 22.5. The van der Waals surface area contributed by atoms with Crippen molar-refractivity contribution in [3.63, 3.8) is 0 Å². The largest absolute Gasteiger partial charge is 0.339 e. The van der Waals surface area contributed by atoms with E-state index in [1.807, 2.05) is 48.5 Å². The third kappa shape index (κ3) is 5.37. The van der Waals surface area contributed by atoms with Crippen LogP contribution in [0.5, 0.6) is 0 Å². The van der Waals surface area contributed by atoms with E-state index in [9.17, 15) is 9.59 Å². The Morgan fingerprint density at radius 3 is 2.38 bits per heavy atom. The van der Waals surface area contributed by atoms with E-state index in [-0.39, 0.29) is 17.7 Å². The van der Waals surface area contributed by atoms with E-state index in [1.54, 1.807) is 0 Å². The molecule has 5 nitrogen and oxygen atoms in total. The molecule has 2 aromatic carbocycles. The molecule has 4 rings (SSSR count). The Morgan fingerprint density at radius 1 is 1.00 bits per heavy atom. The predicted molar refractivity (Wildman–Crippen MR) is 130 cm³/mol. The number of rotatable bonds is 8. The Labute approximate surface area is 194 Å². The van der Waals surface area contributed by atoms with Gasteiger partial charge in [0.05, 0.1) is 4.88 Å². The van der Waals surface area contributed by atoms with Crippen molar-refractivity contribution in [2.75, 3.05) is 13.1 Å². The zero-order valence-electron chi connectivity index (χ0n) is 18.8. The van der Waals surface area contributed by atoms with Gasteiger partial charge >= 0.3 is 0 Å². The summed E-state index contributed by atoms with van der Waals surface area (Å²) >= 11 is 1.46. The molecule has 32 heavy (non-hydrogen) atoms. The van der Waals surface area contributed by atoms with Gasteiger partial charge in [0, 0.05) is 23.1 Å². The molecule has 0 spiro atoms. The number of fused-ring (bicyclic) bond motifs is 1. The van der Waals surface area contributed by atoms with E-state index in [0.717, 1.165) is 42.6 Å². The summed E-state index contributed by atoms with van der Waals surface area (Å²) in [5.74, 6) is 0.0173. The van der Waals surface area contributed by atoms with Crippen LogP contribution in [0.15, 0.2) is 60.7 Å². The van der Waals surface area contributed by atoms with E-state index in [1.165, 1.54) is 16.9 Å². The number of carbonyl (C=O) groups excluding carboxylic acids is 2. The molecule has 1 saturated heterocycles. The van der Waals surface area contributed by atoms with Crippen LogP contribution in [0.2, 0.25) is 0 Å². The fraction of sp³-hybridized carbons (Fsp3) is 0.385. The fourth-order valence-electron chi connectivity index (χ4n) is 4.52. The van der Waals surface area contributed by atoms with Gasteiger partial charge in [0.2, 0.25) is 0 Å². The third-order valence-electron chi connectivity index (χ3n) is 6.08. The number of hydrogen-bond donors (Lipinski definition) is 2. The van der Waals surface area contributed by atoms with E-state index < -0.39 is 6.04 Å². The lowest BCUT2D eigenvalue weighted by Gasteiger charge is -2.35. The molecule has 0 aliphatic carbocycles. The summed E-state index contributed by atoms with van der Waals surface area (Å²) in [6, 6.07) is 19.6. The van der Waals surface area contributed by atoms with Gasteiger partial charge in [-0.3, -0.25) is 9.59 Å². The van der Waals surface area contributed by atoms with Crippen LogP contribution in [0.25, 0.3) is 10.1 Å². The van der Waals surface area contributed by atoms with Gasteiger partial charge < -0.3 is 5.32 Å². The van der Waals surface area contributed by atoms with Crippen molar-refractivity contribution in [1.29, 1.82) is 0 Å². The highest BCUT2D eigenvalue weighted by Gasteiger charge is 2.37. The first-order valence-electron chi connectivity index (χ1n) is 11.5. The van der Waals surface area contributed by atoms with Gasteiger partial charge in [-0.15, -0.1) is 11.3 Å². The van der Waals surface area contributed by atoms with E-state index in [0.29, 0.717) is 15.9 Å². The number of nitrogens with one attached hydrogen (secondary N) is 2. The molecular formula is C26H32N3O2S+. The van der Waals surface area contributed by atoms with Crippen LogP contribution in [0.3, 0.4) is 0 Å². The minimum atomic E-state index is -0.556. The Balaban J connectivity index is 1.50. The molecule has 2 N–H and O–H groups in total. The average Bonchev–Trinajstić information content (AvgIpc) is 3.40. The SMILES string of the molecule is CC(C)C[C@H](NC(=O)c1cc2ccccc2s1)C(=O)N[N+]1(Cc2ccccc2)CCCC1. The van der Waals surface area contributed by atoms with Crippen molar-refractivity contribution < 1.29 is 14.2 Å². The van der Waals surface area contributed by atoms with Crippen molar-refractivity contribution in [3.05, 3.63) is 71.1 Å². The maximum atomic E-state index is 13.4. The van der Waals surface area contributed by atoms with Gasteiger partial charge in [0.15, 0.2) is 0 Å². The minimum Gasteiger partial charge on any atom is -0.339 e. The summed E-state index contributed by atoms with van der Waals surface area (Å²) in [7, 11) is 0. The highest BCUT2D eigenvalue weighted by molar-refractivity contribution is 7.20. The number of thiophene rings is 1. The Morgan fingerprint density at radius 2 is 1.69 bits per heavy atom. The molecule has 3 aromatic rings. The first-order valence-corrected chi connectivity index (χ1v) is 12.3. The lowest BCUT2D eigenvalue weighted by molar-refractivity contribution is -0.963. The summed E-state index contributed by atoms with van der Waals surface area (Å²) in [4.78, 5) is 27.1. The normalized spacial score (nSPS) is 16.2. The summed E-state index contributed by atoms with van der Waals surface area (Å²) in [6.07, 6.45) is 2.79. The number of amides is 2. The maximum absolute atomic E-state index is 13.4. The molecule has 6 heteroatoms. The number of likely N-dealkylation sites (tertiary alicyclic amines) is 1. The van der Waals surface area contributed by atoms with Crippen molar-refractivity contribution in [3.8, 4) is 0 Å². The van der Waals surface area contributed by atoms with Gasteiger partial charge in [-0.1, -0.05) is 62.4 Å². The summed E-state index contributed by atoms with van der Waals surface area (Å²) in [6.45, 7) is 6.76. The summed E-state index contributed by atoms with van der Waals surface area (Å²) in [5.41, 5.74) is 4.53. The Bertz CT molecular complexity index is 1040. The number of carbonyl (C=O) groups is 2. The van der Waals surface area contributed by atoms with Gasteiger partial charge in [-0.05, 0) is 29.9 Å². The van der Waals surface area contributed by atoms with Crippen LogP contribution >= 0.6 is 11.3 Å². The number of benzene rings is 2. The average molecular weight is 451 g/mol. The van der Waals surface area contributed by atoms with Crippen molar-refractivity contribution in [1.82, 2.24) is 10.7 Å². The molecule has 2 amide bonds. The van der Waals surface area contributed by atoms with Crippen LogP contribution < -0.4 is 10.7 Å². The highest BCUT2D eigenvalue weighted by atomic mass is 32.1. The zero-order valence-corrected chi connectivity index (χ0v) is 19.7. The van der Waals surface area contributed by atoms with Gasteiger partial charge in [0.1, 0.15) is 25.7 Å². The quantitative estimate of drug-likeness (QED) is 0.480. The van der Waals surface area contributed by atoms with Crippen LogP contribution in [0.4, 0.5) is 0 Å². The molecule has 0 saturated carbocycles. The molecule has 0 bridgehead atoms. The number of quaternary nitrogens is 1. The molecule has 168 valence electrons. The van der Waals surface area contributed by atoms with E-state index >= 15 is 0 Å². The molecule has 0 unspecified atom stereocenters. The molecule has 0 radical (unpaired) electrons. The lowest BCUT2D eigenvalue weighted by atomic mass is 10.0. The molecule has 1 aromatic heterocycles. The van der Waals surface area contributed by atoms with E-state index in [2.05, 4.69) is 36.7 Å². The molecule has 1 aliphatic rings. The second kappa shape index (κ2) is 9.84.